The normalized spacial score (nSPS) is 18.1. The summed E-state index contributed by atoms with van der Waals surface area (Å²) >= 11 is 1.99. The standard InChI is InChI=1S/C24H31N3O4S2/c1-31-22-10-9-21(17-23(22)33(29,30)27-11-3-2-4-12-27)25-24(28)20-7-5-19(6-8-20)18-26-13-15-32-16-14-26/h5-10,17H,2-4,11-16,18H2,1H3,(H,25,28). The zero-order valence-corrected chi connectivity index (χ0v) is 20.6. The molecule has 1 N–H and O–H groups in total. The Kier molecular flexibility index (Phi) is 7.95. The maximum Gasteiger partial charge on any atom is 0.255 e. The molecule has 7 nitrogen and oxygen atoms in total. The van der Waals surface area contributed by atoms with Gasteiger partial charge in [0.15, 0.2) is 0 Å². The van der Waals surface area contributed by atoms with Gasteiger partial charge < -0.3 is 10.1 Å². The molecule has 2 fully saturated rings. The Bertz CT molecular complexity index is 1060. The van der Waals surface area contributed by atoms with Crippen molar-refractivity contribution in [1.29, 1.82) is 0 Å². The number of hydrogen-bond donors (Lipinski definition) is 1. The summed E-state index contributed by atoms with van der Waals surface area (Å²) in [6.45, 7) is 4.08. The first kappa shape index (κ1) is 24.1. The van der Waals surface area contributed by atoms with Gasteiger partial charge in [-0.15, -0.1) is 0 Å². The molecule has 0 unspecified atom stereocenters. The van der Waals surface area contributed by atoms with E-state index >= 15 is 0 Å². The second-order valence-electron chi connectivity index (χ2n) is 8.37. The molecular formula is C24H31N3O4S2. The summed E-state index contributed by atoms with van der Waals surface area (Å²) in [6.07, 6.45) is 2.74. The van der Waals surface area contributed by atoms with E-state index in [-0.39, 0.29) is 16.6 Å². The number of thioether (sulfide) groups is 1. The fraction of sp³-hybridized carbons (Fsp3) is 0.458. The van der Waals surface area contributed by atoms with E-state index < -0.39 is 10.0 Å². The van der Waals surface area contributed by atoms with Crippen LogP contribution in [0.3, 0.4) is 0 Å². The van der Waals surface area contributed by atoms with E-state index in [1.54, 1.807) is 12.1 Å². The molecule has 0 saturated carbocycles. The average Bonchev–Trinajstić information content (AvgIpc) is 2.85. The molecule has 2 aromatic rings. The van der Waals surface area contributed by atoms with Gasteiger partial charge in [0.2, 0.25) is 10.0 Å². The molecule has 33 heavy (non-hydrogen) atoms. The Morgan fingerprint density at radius 2 is 1.70 bits per heavy atom. The second kappa shape index (κ2) is 10.9. The Labute approximate surface area is 200 Å². The molecule has 0 aliphatic carbocycles. The fourth-order valence-electron chi connectivity index (χ4n) is 4.18. The molecule has 178 valence electrons. The van der Waals surface area contributed by atoms with Gasteiger partial charge in [0, 0.05) is 55.5 Å². The fourth-order valence-corrected chi connectivity index (χ4v) is 6.86. The lowest BCUT2D eigenvalue weighted by Gasteiger charge is -2.26. The number of ether oxygens (including phenoxy) is 1. The van der Waals surface area contributed by atoms with E-state index in [9.17, 15) is 13.2 Å². The number of carbonyl (C=O) groups excluding carboxylic acids is 1. The van der Waals surface area contributed by atoms with Crippen LogP contribution in [0.25, 0.3) is 0 Å². The lowest BCUT2D eigenvalue weighted by molar-refractivity contribution is 0.102. The minimum Gasteiger partial charge on any atom is -0.495 e. The smallest absolute Gasteiger partial charge is 0.255 e. The highest BCUT2D eigenvalue weighted by Gasteiger charge is 2.29. The first-order chi connectivity index (χ1) is 16.0. The van der Waals surface area contributed by atoms with Crippen molar-refractivity contribution in [1.82, 2.24) is 9.21 Å². The van der Waals surface area contributed by atoms with Crippen LogP contribution in [0.1, 0.15) is 35.2 Å². The van der Waals surface area contributed by atoms with Crippen LogP contribution in [0, 0.1) is 0 Å². The molecule has 0 spiro atoms. The molecule has 0 bridgehead atoms. The summed E-state index contributed by atoms with van der Waals surface area (Å²) in [5.74, 6) is 2.33. The number of rotatable bonds is 7. The number of sulfonamides is 1. The molecule has 2 aliphatic heterocycles. The monoisotopic (exact) mass is 489 g/mol. The number of anilines is 1. The first-order valence-electron chi connectivity index (χ1n) is 11.4. The van der Waals surface area contributed by atoms with Gasteiger partial charge in [-0.25, -0.2) is 8.42 Å². The van der Waals surface area contributed by atoms with Crippen LogP contribution in [0.4, 0.5) is 5.69 Å². The summed E-state index contributed by atoms with van der Waals surface area (Å²) in [6, 6.07) is 12.3. The van der Waals surface area contributed by atoms with Crippen LogP contribution in [0.5, 0.6) is 5.75 Å². The predicted octanol–water partition coefficient (Wildman–Crippen LogP) is 3.67. The van der Waals surface area contributed by atoms with E-state index in [1.165, 1.54) is 23.0 Å². The molecule has 0 aromatic heterocycles. The van der Waals surface area contributed by atoms with Gasteiger partial charge in [0.1, 0.15) is 10.6 Å². The molecule has 0 atom stereocenters. The summed E-state index contributed by atoms with van der Waals surface area (Å²) in [7, 11) is -2.25. The number of methoxy groups -OCH3 is 1. The van der Waals surface area contributed by atoms with Crippen molar-refractivity contribution >= 4 is 33.4 Å². The zero-order valence-electron chi connectivity index (χ0n) is 19.0. The second-order valence-corrected chi connectivity index (χ2v) is 11.5. The van der Waals surface area contributed by atoms with E-state index in [0.717, 1.165) is 50.4 Å². The van der Waals surface area contributed by atoms with Crippen LogP contribution in [0.15, 0.2) is 47.4 Å². The highest BCUT2D eigenvalue weighted by molar-refractivity contribution is 7.99. The quantitative estimate of drug-likeness (QED) is 0.639. The van der Waals surface area contributed by atoms with Crippen LogP contribution in [0.2, 0.25) is 0 Å². The van der Waals surface area contributed by atoms with Gasteiger partial charge >= 0.3 is 0 Å². The largest absolute Gasteiger partial charge is 0.495 e. The van der Waals surface area contributed by atoms with E-state index in [2.05, 4.69) is 10.2 Å². The van der Waals surface area contributed by atoms with Crippen molar-refractivity contribution in [3.05, 3.63) is 53.6 Å². The van der Waals surface area contributed by atoms with Crippen LogP contribution in [-0.2, 0) is 16.6 Å². The maximum atomic E-state index is 13.2. The third-order valence-electron chi connectivity index (χ3n) is 6.08. The van der Waals surface area contributed by atoms with Gasteiger partial charge in [-0.3, -0.25) is 9.69 Å². The molecular weight excluding hydrogens is 458 g/mol. The number of benzene rings is 2. The lowest BCUT2D eigenvalue weighted by atomic mass is 10.1. The van der Waals surface area contributed by atoms with Crippen molar-refractivity contribution in [2.24, 2.45) is 0 Å². The number of nitrogens with one attached hydrogen (secondary N) is 1. The Hall–Kier alpha value is -2.07. The van der Waals surface area contributed by atoms with Crippen LogP contribution in [-0.4, -0.2) is 68.3 Å². The van der Waals surface area contributed by atoms with Crippen molar-refractivity contribution in [2.45, 2.75) is 30.7 Å². The molecule has 4 rings (SSSR count). The molecule has 9 heteroatoms. The minimum absolute atomic E-state index is 0.0831. The number of hydrogen-bond acceptors (Lipinski definition) is 6. The van der Waals surface area contributed by atoms with E-state index in [0.29, 0.717) is 24.3 Å². The van der Waals surface area contributed by atoms with Gasteiger partial charge in [0.25, 0.3) is 5.91 Å². The molecule has 1 amide bonds. The number of carbonyl (C=O) groups is 1. The van der Waals surface area contributed by atoms with Crippen molar-refractivity contribution in [3.8, 4) is 5.75 Å². The van der Waals surface area contributed by atoms with Crippen molar-refractivity contribution in [2.75, 3.05) is 50.1 Å². The predicted molar refractivity (Wildman–Crippen MR) is 133 cm³/mol. The molecule has 0 radical (unpaired) electrons. The summed E-state index contributed by atoms with van der Waals surface area (Å²) in [4.78, 5) is 15.3. The van der Waals surface area contributed by atoms with Crippen LogP contribution >= 0.6 is 11.8 Å². The first-order valence-corrected chi connectivity index (χ1v) is 14.0. The van der Waals surface area contributed by atoms with Crippen LogP contribution < -0.4 is 10.1 Å². The van der Waals surface area contributed by atoms with Gasteiger partial charge in [-0.1, -0.05) is 18.6 Å². The van der Waals surface area contributed by atoms with Crippen molar-refractivity contribution < 1.29 is 17.9 Å². The minimum atomic E-state index is -3.70. The van der Waals surface area contributed by atoms with Gasteiger partial charge in [-0.2, -0.15) is 16.1 Å². The SMILES string of the molecule is COc1ccc(NC(=O)c2ccc(CN3CCSCC3)cc2)cc1S(=O)(=O)N1CCCCC1. The van der Waals surface area contributed by atoms with Crippen molar-refractivity contribution in [3.63, 3.8) is 0 Å². The lowest BCUT2D eigenvalue weighted by Crippen LogP contribution is -2.35. The highest BCUT2D eigenvalue weighted by atomic mass is 32.2. The Morgan fingerprint density at radius 3 is 2.36 bits per heavy atom. The summed E-state index contributed by atoms with van der Waals surface area (Å²) < 4.78 is 33.2. The molecule has 2 aromatic carbocycles. The Balaban J connectivity index is 1.47. The van der Waals surface area contributed by atoms with E-state index in [1.807, 2.05) is 36.0 Å². The topological polar surface area (TPSA) is 79.0 Å². The third kappa shape index (κ3) is 5.90. The Morgan fingerprint density at radius 1 is 1.00 bits per heavy atom. The highest BCUT2D eigenvalue weighted by Crippen LogP contribution is 2.31. The summed E-state index contributed by atoms with van der Waals surface area (Å²) in [5.41, 5.74) is 2.13. The number of piperidine rings is 1. The maximum absolute atomic E-state index is 13.2. The summed E-state index contributed by atoms with van der Waals surface area (Å²) in [5, 5.41) is 2.84. The molecule has 2 saturated heterocycles. The molecule has 2 aliphatic rings. The number of amides is 1. The third-order valence-corrected chi connectivity index (χ3v) is 8.94. The average molecular weight is 490 g/mol. The van der Waals surface area contributed by atoms with E-state index in [4.69, 9.17) is 4.74 Å². The molecule has 2 heterocycles. The number of nitrogens with zero attached hydrogens (tertiary/aromatic N) is 2. The van der Waals surface area contributed by atoms with Gasteiger partial charge in [-0.05, 0) is 48.7 Å². The van der Waals surface area contributed by atoms with Gasteiger partial charge in [0.05, 0.1) is 7.11 Å². The zero-order chi connectivity index (χ0) is 23.3.